The fourth-order valence-corrected chi connectivity index (χ4v) is 2.06. The largest absolute Gasteiger partial charge is 0.478 e. The molecule has 0 radical (unpaired) electrons. The van der Waals surface area contributed by atoms with E-state index < -0.39 is 16.1 Å². The molecule has 0 aliphatic heterocycles. The third-order valence-electron chi connectivity index (χ3n) is 2.02. The third kappa shape index (κ3) is 2.34. The van der Waals surface area contributed by atoms with E-state index in [1.807, 2.05) is 0 Å². The van der Waals surface area contributed by atoms with Gasteiger partial charge in [-0.25, -0.2) is 4.79 Å². The lowest BCUT2D eigenvalue weighted by Crippen LogP contribution is -2.06. The van der Waals surface area contributed by atoms with Gasteiger partial charge in [-0.15, -0.1) is 0 Å². The van der Waals surface area contributed by atoms with E-state index in [0.29, 0.717) is 11.1 Å². The molecule has 0 fully saturated rings. The van der Waals surface area contributed by atoms with Crippen LogP contribution in [0, 0.1) is 13.8 Å². The molecule has 1 aromatic rings. The Morgan fingerprint density at radius 2 is 1.60 bits per heavy atom. The van der Waals surface area contributed by atoms with Crippen LogP contribution in [-0.4, -0.2) is 24.0 Å². The number of benzene rings is 1. The summed E-state index contributed by atoms with van der Waals surface area (Å²) in [6.45, 7) is 2.95. The fourth-order valence-electron chi connectivity index (χ4n) is 1.41. The first-order valence-corrected chi connectivity index (χ1v) is 5.49. The quantitative estimate of drug-likeness (QED) is 0.746. The number of carboxylic acids is 1. The molecule has 0 unspecified atom stereocenters. The number of carboxylic acid groups (broad SMARTS) is 1. The molecule has 0 saturated heterocycles. The molecule has 1 rings (SSSR count). The number of aryl methyl sites for hydroxylation is 2. The van der Waals surface area contributed by atoms with E-state index in [1.165, 1.54) is 13.8 Å². The van der Waals surface area contributed by atoms with Gasteiger partial charge in [-0.3, -0.25) is 4.55 Å². The normalized spacial score (nSPS) is 11.4. The SMILES string of the molecule is Cc1cc(S(=O)(=O)O)cc(C)c1C(=O)O. The molecule has 5 nitrogen and oxygen atoms in total. The van der Waals surface area contributed by atoms with Crippen molar-refractivity contribution in [2.75, 3.05) is 0 Å². The highest BCUT2D eigenvalue weighted by molar-refractivity contribution is 7.85. The minimum Gasteiger partial charge on any atom is -0.478 e. The molecule has 0 atom stereocenters. The second-order valence-corrected chi connectivity index (χ2v) is 4.63. The van der Waals surface area contributed by atoms with Gasteiger partial charge < -0.3 is 5.11 Å². The van der Waals surface area contributed by atoms with Crippen molar-refractivity contribution in [3.05, 3.63) is 28.8 Å². The van der Waals surface area contributed by atoms with Gasteiger partial charge in [0.15, 0.2) is 0 Å². The summed E-state index contributed by atoms with van der Waals surface area (Å²) < 4.78 is 30.4. The molecular weight excluding hydrogens is 220 g/mol. The molecule has 0 aromatic heterocycles. The van der Waals surface area contributed by atoms with Crippen LogP contribution in [0.25, 0.3) is 0 Å². The van der Waals surface area contributed by atoms with Crippen LogP contribution in [0.4, 0.5) is 0 Å². The van der Waals surface area contributed by atoms with Crippen LogP contribution < -0.4 is 0 Å². The summed E-state index contributed by atoms with van der Waals surface area (Å²) in [5.41, 5.74) is 0.660. The van der Waals surface area contributed by atoms with Crippen LogP contribution in [0.1, 0.15) is 21.5 Å². The number of aromatic carboxylic acids is 1. The van der Waals surface area contributed by atoms with Crippen LogP contribution in [-0.2, 0) is 10.1 Å². The molecule has 15 heavy (non-hydrogen) atoms. The summed E-state index contributed by atoms with van der Waals surface area (Å²) in [4.78, 5) is 10.5. The Bertz CT molecular complexity index is 492. The lowest BCUT2D eigenvalue weighted by molar-refractivity contribution is 0.0695. The average Bonchev–Trinajstić information content (AvgIpc) is 1.99. The van der Waals surface area contributed by atoms with Crippen LogP contribution in [0.3, 0.4) is 0 Å². The molecular formula is C9H10O5S. The van der Waals surface area contributed by atoms with Crippen molar-refractivity contribution in [2.24, 2.45) is 0 Å². The van der Waals surface area contributed by atoms with Gasteiger partial charge in [-0.2, -0.15) is 8.42 Å². The maximum absolute atomic E-state index is 10.8. The summed E-state index contributed by atoms with van der Waals surface area (Å²) in [5.74, 6) is -1.12. The van der Waals surface area contributed by atoms with Crippen molar-refractivity contribution in [3.8, 4) is 0 Å². The van der Waals surface area contributed by atoms with Crippen molar-refractivity contribution in [2.45, 2.75) is 18.7 Å². The highest BCUT2D eigenvalue weighted by Crippen LogP contribution is 2.19. The zero-order valence-electron chi connectivity index (χ0n) is 8.18. The van der Waals surface area contributed by atoms with Gasteiger partial charge in [0.05, 0.1) is 10.5 Å². The predicted molar refractivity (Wildman–Crippen MR) is 52.7 cm³/mol. The molecule has 2 N–H and O–H groups in total. The Hall–Kier alpha value is -1.40. The molecule has 82 valence electrons. The summed E-state index contributed by atoms with van der Waals surface area (Å²) in [6.07, 6.45) is 0. The van der Waals surface area contributed by atoms with Crippen LogP contribution in [0.2, 0.25) is 0 Å². The highest BCUT2D eigenvalue weighted by Gasteiger charge is 2.16. The van der Waals surface area contributed by atoms with Gasteiger partial charge >= 0.3 is 5.97 Å². The maximum Gasteiger partial charge on any atom is 0.336 e. The number of hydrogen-bond donors (Lipinski definition) is 2. The molecule has 0 amide bonds. The van der Waals surface area contributed by atoms with E-state index in [1.54, 1.807) is 0 Å². The van der Waals surface area contributed by atoms with Gasteiger partial charge in [0.2, 0.25) is 0 Å². The summed E-state index contributed by atoms with van der Waals surface area (Å²) in [7, 11) is -4.28. The van der Waals surface area contributed by atoms with Crippen molar-refractivity contribution < 1.29 is 22.9 Å². The van der Waals surface area contributed by atoms with Gasteiger partial charge in [0.25, 0.3) is 10.1 Å². The van der Waals surface area contributed by atoms with Crippen LogP contribution in [0.5, 0.6) is 0 Å². The first-order chi connectivity index (χ1) is 6.73. The molecule has 6 heteroatoms. The second-order valence-electron chi connectivity index (χ2n) is 3.21. The Morgan fingerprint density at radius 1 is 1.20 bits per heavy atom. The third-order valence-corrected chi connectivity index (χ3v) is 2.85. The smallest absolute Gasteiger partial charge is 0.336 e. The minimum atomic E-state index is -4.28. The lowest BCUT2D eigenvalue weighted by atomic mass is 10.0. The first kappa shape index (κ1) is 11.7. The summed E-state index contributed by atoms with van der Waals surface area (Å²) >= 11 is 0. The molecule has 1 aromatic carbocycles. The van der Waals surface area contributed by atoms with E-state index in [4.69, 9.17) is 9.66 Å². The van der Waals surface area contributed by atoms with Gasteiger partial charge in [0, 0.05) is 0 Å². The Morgan fingerprint density at radius 3 is 1.87 bits per heavy atom. The zero-order chi connectivity index (χ0) is 11.8. The van der Waals surface area contributed by atoms with Crippen molar-refractivity contribution >= 4 is 16.1 Å². The maximum atomic E-state index is 10.8. The molecule has 0 aliphatic carbocycles. The standard InChI is InChI=1S/C9H10O5S/c1-5-3-7(15(12,13)14)4-6(2)8(5)9(10)11/h3-4H,1-2H3,(H,10,11)(H,12,13,14). The number of hydrogen-bond acceptors (Lipinski definition) is 3. The molecule has 0 bridgehead atoms. The Kier molecular flexibility index (Phi) is 2.83. The predicted octanol–water partition coefficient (Wildman–Crippen LogP) is 1.25. The summed E-state index contributed by atoms with van der Waals surface area (Å²) in [5, 5.41) is 8.83. The van der Waals surface area contributed by atoms with Crippen LogP contribution >= 0.6 is 0 Å². The minimum absolute atomic E-state index is 0.0578. The topological polar surface area (TPSA) is 91.7 Å². The van der Waals surface area contributed by atoms with Gasteiger partial charge in [-0.05, 0) is 37.1 Å². The first-order valence-electron chi connectivity index (χ1n) is 4.05. The van der Waals surface area contributed by atoms with Gasteiger partial charge in [-0.1, -0.05) is 0 Å². The molecule has 0 saturated carbocycles. The monoisotopic (exact) mass is 230 g/mol. The summed E-state index contributed by atoms with van der Waals surface area (Å²) in [6, 6.07) is 2.26. The fraction of sp³-hybridized carbons (Fsp3) is 0.222. The Balaban J connectivity index is 3.52. The van der Waals surface area contributed by atoms with E-state index >= 15 is 0 Å². The van der Waals surface area contributed by atoms with Crippen molar-refractivity contribution in [3.63, 3.8) is 0 Å². The molecule has 0 heterocycles. The molecule has 0 aliphatic rings. The van der Waals surface area contributed by atoms with E-state index in [9.17, 15) is 13.2 Å². The number of rotatable bonds is 2. The Labute approximate surface area is 87.1 Å². The number of carbonyl (C=O) groups is 1. The average molecular weight is 230 g/mol. The van der Waals surface area contributed by atoms with E-state index in [2.05, 4.69) is 0 Å². The lowest BCUT2D eigenvalue weighted by Gasteiger charge is -2.07. The van der Waals surface area contributed by atoms with Crippen molar-refractivity contribution in [1.82, 2.24) is 0 Å². The van der Waals surface area contributed by atoms with Crippen molar-refractivity contribution in [1.29, 1.82) is 0 Å². The van der Waals surface area contributed by atoms with E-state index in [0.717, 1.165) is 12.1 Å². The second kappa shape index (κ2) is 3.63. The van der Waals surface area contributed by atoms with Crippen LogP contribution in [0.15, 0.2) is 17.0 Å². The van der Waals surface area contributed by atoms with E-state index in [-0.39, 0.29) is 10.5 Å². The zero-order valence-corrected chi connectivity index (χ0v) is 9.00. The molecule has 0 spiro atoms. The van der Waals surface area contributed by atoms with Gasteiger partial charge in [0.1, 0.15) is 0 Å². The highest BCUT2D eigenvalue weighted by atomic mass is 32.2.